The van der Waals surface area contributed by atoms with Gasteiger partial charge in [0.1, 0.15) is 11.4 Å². The fourth-order valence-corrected chi connectivity index (χ4v) is 4.60. The summed E-state index contributed by atoms with van der Waals surface area (Å²) in [6.45, 7) is 0.305. The van der Waals surface area contributed by atoms with Crippen LogP contribution >= 0.6 is 11.3 Å². The highest BCUT2D eigenvalue weighted by Crippen LogP contribution is 2.39. The van der Waals surface area contributed by atoms with E-state index < -0.39 is 5.92 Å². The van der Waals surface area contributed by atoms with Gasteiger partial charge in [-0.15, -0.1) is 11.3 Å². The number of nitrogens with zero attached hydrogens (tertiary/aromatic N) is 3. The predicted molar refractivity (Wildman–Crippen MR) is 114 cm³/mol. The topological polar surface area (TPSA) is 67.4 Å². The minimum atomic E-state index is -2.68. The average molecular weight is 449 g/mol. The van der Waals surface area contributed by atoms with Gasteiger partial charge >= 0.3 is 0 Å². The van der Waals surface area contributed by atoms with Crippen molar-refractivity contribution in [2.75, 3.05) is 31.1 Å². The summed E-state index contributed by atoms with van der Waals surface area (Å²) in [6, 6.07) is 3.26. The van der Waals surface area contributed by atoms with Crippen LogP contribution in [0.15, 0.2) is 23.7 Å². The largest absolute Gasteiger partial charge is 0.476 e. The lowest BCUT2D eigenvalue weighted by atomic mass is 10.0. The number of halogens is 2. The average Bonchev–Trinajstić information content (AvgIpc) is 3.67. The Hall–Kier alpha value is -2.29. The van der Waals surface area contributed by atoms with Crippen LogP contribution in [0.4, 0.5) is 14.5 Å². The number of hydrogen-bond acceptors (Lipinski definition) is 6. The maximum absolute atomic E-state index is 13.4. The fraction of sp³-hybridized carbons (Fsp3) is 0.591. The summed E-state index contributed by atoms with van der Waals surface area (Å²) >= 11 is 1.61. The van der Waals surface area contributed by atoms with Crippen molar-refractivity contribution in [3.8, 4) is 5.88 Å². The summed E-state index contributed by atoms with van der Waals surface area (Å²) < 4.78 is 32.5. The summed E-state index contributed by atoms with van der Waals surface area (Å²) in [5.74, 6) is -1.29. The number of carbonyl (C=O) groups excluding carboxylic acids is 1. The molecule has 2 aromatic rings. The number of ether oxygens (including phenoxy) is 1. The summed E-state index contributed by atoms with van der Waals surface area (Å²) in [6.07, 6.45) is 7.53. The molecule has 0 radical (unpaired) electrons. The standard InChI is InChI=1S/C22H26F2N4O2S/c23-22(24)12-28(13-22)18-6-5-17(27-20(18)30-11-15-3-4-15)19(29)26-10-16(9-14-1-2-14)21-25-7-8-31-21/h5-8,14-16H,1-4,9-13H2,(H,26,29)/t16-/m1/s1. The van der Waals surface area contributed by atoms with Crippen LogP contribution in [0.2, 0.25) is 0 Å². The minimum Gasteiger partial charge on any atom is -0.476 e. The number of anilines is 1. The zero-order valence-corrected chi connectivity index (χ0v) is 18.0. The quantitative estimate of drug-likeness (QED) is 0.593. The number of rotatable bonds is 10. The zero-order valence-electron chi connectivity index (χ0n) is 17.2. The Bertz CT molecular complexity index is 924. The first kappa shape index (κ1) is 20.6. The molecule has 31 heavy (non-hydrogen) atoms. The maximum atomic E-state index is 13.4. The summed E-state index contributed by atoms with van der Waals surface area (Å²) in [5, 5.41) is 5.99. The third kappa shape index (κ3) is 5.14. The Morgan fingerprint density at radius 2 is 2.03 bits per heavy atom. The first-order valence-electron chi connectivity index (χ1n) is 10.9. The Labute approximate surface area is 184 Å². The number of hydrogen-bond donors (Lipinski definition) is 1. The maximum Gasteiger partial charge on any atom is 0.282 e. The molecule has 3 aliphatic rings. The molecule has 2 aliphatic carbocycles. The van der Waals surface area contributed by atoms with Crippen LogP contribution in [0, 0.1) is 11.8 Å². The van der Waals surface area contributed by atoms with E-state index in [0.717, 1.165) is 30.2 Å². The van der Waals surface area contributed by atoms with Crippen LogP contribution in [0.25, 0.3) is 0 Å². The van der Waals surface area contributed by atoms with Crippen molar-refractivity contribution in [3.63, 3.8) is 0 Å². The first-order valence-corrected chi connectivity index (χ1v) is 11.8. The number of pyridine rings is 1. The number of carbonyl (C=O) groups is 1. The van der Waals surface area contributed by atoms with Crippen molar-refractivity contribution >= 4 is 22.9 Å². The van der Waals surface area contributed by atoms with E-state index in [1.165, 1.54) is 12.8 Å². The van der Waals surface area contributed by atoms with Crippen molar-refractivity contribution in [1.29, 1.82) is 0 Å². The van der Waals surface area contributed by atoms with Crippen LogP contribution in [0.3, 0.4) is 0 Å². The van der Waals surface area contributed by atoms with Gasteiger partial charge in [0.15, 0.2) is 0 Å². The molecule has 0 aromatic carbocycles. The Morgan fingerprint density at radius 3 is 2.68 bits per heavy atom. The number of alkyl halides is 2. The zero-order chi connectivity index (χ0) is 21.4. The highest BCUT2D eigenvalue weighted by molar-refractivity contribution is 7.09. The molecule has 1 saturated heterocycles. The number of aromatic nitrogens is 2. The molecular formula is C22H26F2N4O2S. The van der Waals surface area contributed by atoms with Crippen molar-refractivity contribution in [2.24, 2.45) is 11.8 Å². The molecule has 5 rings (SSSR count). The lowest BCUT2D eigenvalue weighted by molar-refractivity contribution is -0.0265. The van der Waals surface area contributed by atoms with Crippen LogP contribution in [-0.2, 0) is 0 Å². The molecule has 3 heterocycles. The van der Waals surface area contributed by atoms with E-state index in [1.54, 1.807) is 34.6 Å². The van der Waals surface area contributed by atoms with Gasteiger partial charge in [0.2, 0.25) is 5.88 Å². The molecular weight excluding hydrogens is 422 g/mol. The van der Waals surface area contributed by atoms with Gasteiger partial charge in [-0.3, -0.25) is 4.79 Å². The monoisotopic (exact) mass is 448 g/mol. The molecule has 9 heteroatoms. The molecule has 0 unspecified atom stereocenters. The lowest BCUT2D eigenvalue weighted by Gasteiger charge is -2.40. The van der Waals surface area contributed by atoms with Gasteiger partial charge in [-0.2, -0.15) is 0 Å². The second-order valence-electron chi connectivity index (χ2n) is 8.94. The van der Waals surface area contributed by atoms with Crippen LogP contribution in [0.5, 0.6) is 5.88 Å². The van der Waals surface area contributed by atoms with E-state index in [4.69, 9.17) is 4.74 Å². The third-order valence-corrected chi connectivity index (χ3v) is 6.97. The van der Waals surface area contributed by atoms with Gasteiger partial charge in [-0.05, 0) is 43.2 Å². The second-order valence-corrected chi connectivity index (χ2v) is 9.87. The van der Waals surface area contributed by atoms with E-state index in [-0.39, 0.29) is 36.5 Å². The lowest BCUT2D eigenvalue weighted by Crippen LogP contribution is -2.56. The van der Waals surface area contributed by atoms with E-state index in [9.17, 15) is 13.6 Å². The van der Waals surface area contributed by atoms with Crippen LogP contribution in [-0.4, -0.2) is 48.0 Å². The molecule has 0 bridgehead atoms. The highest BCUT2D eigenvalue weighted by Gasteiger charge is 2.45. The van der Waals surface area contributed by atoms with Gasteiger partial charge < -0.3 is 15.0 Å². The third-order valence-electron chi connectivity index (χ3n) is 6.04. The van der Waals surface area contributed by atoms with Gasteiger partial charge in [-0.25, -0.2) is 18.7 Å². The molecule has 3 fully saturated rings. The molecule has 166 valence electrons. The SMILES string of the molecule is O=C(NC[C@@H](CC1CC1)c1nccs1)c1ccc(N2CC(F)(F)C2)c(OCC2CC2)n1. The molecule has 1 N–H and O–H groups in total. The number of nitrogens with one attached hydrogen (secondary N) is 1. The highest BCUT2D eigenvalue weighted by atomic mass is 32.1. The molecule has 1 atom stereocenters. The van der Waals surface area contributed by atoms with Crippen molar-refractivity contribution < 1.29 is 18.3 Å². The summed E-state index contributed by atoms with van der Waals surface area (Å²) in [7, 11) is 0. The number of amides is 1. The van der Waals surface area contributed by atoms with Crippen molar-refractivity contribution in [2.45, 2.75) is 43.9 Å². The smallest absolute Gasteiger partial charge is 0.282 e. The molecule has 1 aliphatic heterocycles. The van der Waals surface area contributed by atoms with Crippen LogP contribution < -0.4 is 15.0 Å². The molecule has 1 amide bonds. The fourth-order valence-electron chi connectivity index (χ4n) is 3.84. The number of thiazole rings is 1. The summed E-state index contributed by atoms with van der Waals surface area (Å²) in [4.78, 5) is 23.2. The normalized spacial score (nSPS) is 20.8. The molecule has 2 aromatic heterocycles. The van der Waals surface area contributed by atoms with Gasteiger partial charge in [0.25, 0.3) is 11.8 Å². The van der Waals surface area contributed by atoms with Gasteiger partial charge in [0, 0.05) is 24.0 Å². The van der Waals surface area contributed by atoms with E-state index in [0.29, 0.717) is 24.8 Å². The molecule has 6 nitrogen and oxygen atoms in total. The van der Waals surface area contributed by atoms with Crippen molar-refractivity contribution in [1.82, 2.24) is 15.3 Å². The van der Waals surface area contributed by atoms with Gasteiger partial charge in [-0.1, -0.05) is 12.8 Å². The second kappa shape index (κ2) is 8.33. The molecule has 0 spiro atoms. The predicted octanol–water partition coefficient (Wildman–Crippen LogP) is 4.10. The first-order chi connectivity index (χ1) is 15.0. The minimum absolute atomic E-state index is 0.199. The van der Waals surface area contributed by atoms with Gasteiger partial charge in [0.05, 0.1) is 24.7 Å². The van der Waals surface area contributed by atoms with E-state index in [2.05, 4.69) is 15.3 Å². The van der Waals surface area contributed by atoms with E-state index >= 15 is 0 Å². The Balaban J connectivity index is 1.26. The Kier molecular flexibility index (Phi) is 5.54. The van der Waals surface area contributed by atoms with E-state index in [1.807, 2.05) is 5.38 Å². The Morgan fingerprint density at radius 1 is 1.26 bits per heavy atom. The van der Waals surface area contributed by atoms with Crippen molar-refractivity contribution in [3.05, 3.63) is 34.4 Å². The van der Waals surface area contributed by atoms with Crippen LogP contribution in [0.1, 0.15) is 53.5 Å². The summed E-state index contributed by atoms with van der Waals surface area (Å²) in [5.41, 5.74) is 0.767. The molecule has 2 saturated carbocycles.